The van der Waals surface area contributed by atoms with Gasteiger partial charge in [-0.1, -0.05) is 6.07 Å². The first-order valence-corrected chi connectivity index (χ1v) is 7.10. The summed E-state index contributed by atoms with van der Waals surface area (Å²) in [5.74, 6) is 0. The molecule has 1 aliphatic heterocycles. The monoisotopic (exact) mass is 253 g/mol. The molecule has 0 saturated heterocycles. The van der Waals surface area contributed by atoms with E-state index in [9.17, 15) is 0 Å². The molecular weight excluding hydrogens is 234 g/mol. The third-order valence-corrected chi connectivity index (χ3v) is 4.68. The number of fused-ring (bicyclic) bond motifs is 2. The van der Waals surface area contributed by atoms with E-state index < -0.39 is 0 Å². The van der Waals surface area contributed by atoms with Crippen molar-refractivity contribution in [1.82, 2.24) is 9.78 Å². The Labute approximate surface area is 113 Å². The molecule has 1 aromatic carbocycles. The van der Waals surface area contributed by atoms with Crippen LogP contribution in [0.25, 0.3) is 11.1 Å². The first-order chi connectivity index (χ1) is 9.22. The quantitative estimate of drug-likeness (QED) is 0.820. The SMILES string of the molecule is CCN1CC2(CC2)c2cc(-c3cnn(C)c3)ccc21. The number of rotatable bonds is 2. The van der Waals surface area contributed by atoms with E-state index >= 15 is 0 Å². The summed E-state index contributed by atoms with van der Waals surface area (Å²) in [4.78, 5) is 2.52. The number of anilines is 1. The lowest BCUT2D eigenvalue weighted by Crippen LogP contribution is -2.23. The van der Waals surface area contributed by atoms with Gasteiger partial charge in [-0.3, -0.25) is 4.68 Å². The van der Waals surface area contributed by atoms with E-state index in [1.54, 1.807) is 5.56 Å². The average molecular weight is 253 g/mol. The largest absolute Gasteiger partial charge is 0.371 e. The number of aromatic nitrogens is 2. The van der Waals surface area contributed by atoms with Gasteiger partial charge in [0.2, 0.25) is 0 Å². The lowest BCUT2D eigenvalue weighted by Gasteiger charge is -2.16. The molecule has 0 bridgehead atoms. The van der Waals surface area contributed by atoms with Gasteiger partial charge in [0, 0.05) is 43.0 Å². The summed E-state index contributed by atoms with van der Waals surface area (Å²) in [5, 5.41) is 4.28. The second kappa shape index (κ2) is 3.62. The molecule has 2 aliphatic rings. The van der Waals surface area contributed by atoms with E-state index in [0.717, 1.165) is 6.54 Å². The molecule has 0 radical (unpaired) electrons. The summed E-state index contributed by atoms with van der Waals surface area (Å²) in [6, 6.07) is 6.93. The first-order valence-electron chi connectivity index (χ1n) is 7.10. The van der Waals surface area contributed by atoms with Crippen LogP contribution < -0.4 is 4.90 Å². The summed E-state index contributed by atoms with van der Waals surface area (Å²) >= 11 is 0. The number of nitrogens with zero attached hydrogens (tertiary/aromatic N) is 3. The van der Waals surface area contributed by atoms with Gasteiger partial charge in [-0.15, -0.1) is 0 Å². The Morgan fingerprint density at radius 3 is 2.74 bits per heavy atom. The van der Waals surface area contributed by atoms with Crippen LogP contribution in [0.5, 0.6) is 0 Å². The van der Waals surface area contributed by atoms with Gasteiger partial charge >= 0.3 is 0 Å². The number of aryl methyl sites for hydroxylation is 1. The van der Waals surface area contributed by atoms with Crippen molar-refractivity contribution in [2.24, 2.45) is 7.05 Å². The third-order valence-electron chi connectivity index (χ3n) is 4.68. The summed E-state index contributed by atoms with van der Waals surface area (Å²) in [6.45, 7) is 4.58. The number of likely N-dealkylation sites (N-methyl/N-ethyl adjacent to an activating group) is 1. The molecule has 1 fully saturated rings. The van der Waals surface area contributed by atoms with Gasteiger partial charge in [0.25, 0.3) is 0 Å². The van der Waals surface area contributed by atoms with E-state index in [4.69, 9.17) is 0 Å². The molecule has 19 heavy (non-hydrogen) atoms. The van der Waals surface area contributed by atoms with Crippen molar-refractivity contribution in [3.63, 3.8) is 0 Å². The third kappa shape index (κ3) is 1.54. The van der Waals surface area contributed by atoms with E-state index in [1.165, 1.54) is 36.2 Å². The molecule has 0 amide bonds. The Hall–Kier alpha value is -1.77. The zero-order valence-corrected chi connectivity index (χ0v) is 11.6. The van der Waals surface area contributed by atoms with E-state index in [2.05, 4.69) is 41.3 Å². The Kier molecular flexibility index (Phi) is 2.12. The lowest BCUT2D eigenvalue weighted by atomic mass is 9.95. The van der Waals surface area contributed by atoms with Gasteiger partial charge < -0.3 is 4.90 Å². The Bertz CT molecular complexity index is 637. The first kappa shape index (κ1) is 11.1. The predicted molar refractivity (Wildman–Crippen MR) is 77.4 cm³/mol. The van der Waals surface area contributed by atoms with Crippen LogP contribution in [0.1, 0.15) is 25.3 Å². The highest BCUT2D eigenvalue weighted by Crippen LogP contribution is 2.56. The van der Waals surface area contributed by atoms with Crippen LogP contribution >= 0.6 is 0 Å². The normalized spacial score (nSPS) is 18.9. The highest BCUT2D eigenvalue weighted by Gasteiger charge is 2.51. The van der Waals surface area contributed by atoms with Gasteiger partial charge in [0.05, 0.1) is 6.20 Å². The van der Waals surface area contributed by atoms with Gasteiger partial charge in [0.15, 0.2) is 0 Å². The fourth-order valence-corrected chi connectivity index (χ4v) is 3.38. The Morgan fingerprint density at radius 2 is 2.11 bits per heavy atom. The smallest absolute Gasteiger partial charge is 0.0568 e. The molecule has 1 saturated carbocycles. The molecule has 1 aromatic heterocycles. The van der Waals surface area contributed by atoms with Crippen molar-refractivity contribution in [2.45, 2.75) is 25.2 Å². The van der Waals surface area contributed by atoms with E-state index in [1.807, 2.05) is 17.9 Å². The zero-order valence-electron chi connectivity index (χ0n) is 11.6. The van der Waals surface area contributed by atoms with Crippen LogP contribution in [0.4, 0.5) is 5.69 Å². The molecule has 98 valence electrons. The maximum atomic E-state index is 4.28. The van der Waals surface area contributed by atoms with Gasteiger partial charge in [-0.2, -0.15) is 5.10 Å². The van der Waals surface area contributed by atoms with Crippen molar-refractivity contribution < 1.29 is 0 Å². The molecule has 1 spiro atoms. The van der Waals surface area contributed by atoms with Crippen molar-refractivity contribution in [3.05, 3.63) is 36.2 Å². The van der Waals surface area contributed by atoms with E-state index in [-0.39, 0.29) is 0 Å². The fraction of sp³-hybridized carbons (Fsp3) is 0.438. The number of benzene rings is 1. The molecule has 3 nitrogen and oxygen atoms in total. The van der Waals surface area contributed by atoms with Crippen LogP contribution in [0.3, 0.4) is 0 Å². The van der Waals surface area contributed by atoms with Crippen LogP contribution in [0.2, 0.25) is 0 Å². The summed E-state index contributed by atoms with van der Waals surface area (Å²) < 4.78 is 1.87. The van der Waals surface area contributed by atoms with Gasteiger partial charge in [-0.05, 0) is 43.0 Å². The highest BCUT2D eigenvalue weighted by atomic mass is 15.2. The molecule has 0 atom stereocenters. The van der Waals surface area contributed by atoms with Crippen LogP contribution in [-0.4, -0.2) is 22.9 Å². The Balaban J connectivity index is 1.82. The molecule has 4 rings (SSSR count). The van der Waals surface area contributed by atoms with Gasteiger partial charge in [-0.25, -0.2) is 0 Å². The fourth-order valence-electron chi connectivity index (χ4n) is 3.38. The maximum absolute atomic E-state index is 4.28. The minimum atomic E-state index is 0.476. The van der Waals surface area contributed by atoms with Crippen molar-refractivity contribution in [2.75, 3.05) is 18.0 Å². The van der Waals surface area contributed by atoms with Crippen LogP contribution in [0.15, 0.2) is 30.6 Å². The minimum absolute atomic E-state index is 0.476. The molecule has 0 unspecified atom stereocenters. The maximum Gasteiger partial charge on any atom is 0.0568 e. The molecule has 2 heterocycles. The molecule has 2 aromatic rings. The van der Waals surface area contributed by atoms with Crippen LogP contribution in [0, 0.1) is 0 Å². The Morgan fingerprint density at radius 1 is 1.26 bits per heavy atom. The molecule has 0 N–H and O–H groups in total. The number of hydrogen-bond acceptors (Lipinski definition) is 2. The molecular formula is C16H19N3. The highest BCUT2D eigenvalue weighted by molar-refractivity contribution is 5.73. The predicted octanol–water partition coefficient (Wildman–Crippen LogP) is 2.96. The number of hydrogen-bond donors (Lipinski definition) is 0. The van der Waals surface area contributed by atoms with Crippen molar-refractivity contribution >= 4 is 5.69 Å². The zero-order chi connectivity index (χ0) is 13.0. The topological polar surface area (TPSA) is 21.1 Å². The minimum Gasteiger partial charge on any atom is -0.371 e. The second-order valence-electron chi connectivity index (χ2n) is 5.93. The second-order valence-corrected chi connectivity index (χ2v) is 5.93. The molecule has 3 heteroatoms. The van der Waals surface area contributed by atoms with Gasteiger partial charge in [0.1, 0.15) is 0 Å². The lowest BCUT2D eigenvalue weighted by molar-refractivity contribution is 0.707. The summed E-state index contributed by atoms with van der Waals surface area (Å²) in [6.07, 6.45) is 6.75. The standard InChI is InChI=1S/C16H19N3/c1-3-19-11-16(6-7-16)14-8-12(4-5-15(14)19)13-9-17-18(2)10-13/h4-5,8-10H,3,6-7,11H2,1-2H3. The molecule has 1 aliphatic carbocycles. The average Bonchev–Trinajstić information content (AvgIpc) is 2.96. The van der Waals surface area contributed by atoms with E-state index in [0.29, 0.717) is 5.41 Å². The summed E-state index contributed by atoms with van der Waals surface area (Å²) in [7, 11) is 1.97. The van der Waals surface area contributed by atoms with Crippen molar-refractivity contribution in [3.8, 4) is 11.1 Å². The van der Waals surface area contributed by atoms with Crippen LogP contribution in [-0.2, 0) is 12.5 Å². The summed E-state index contributed by atoms with van der Waals surface area (Å²) in [5.41, 5.74) is 6.01. The van der Waals surface area contributed by atoms with Crippen molar-refractivity contribution in [1.29, 1.82) is 0 Å².